The number of carbonyl (C=O) groups is 1. The number of amides is 1. The lowest BCUT2D eigenvalue weighted by Gasteiger charge is -2.32. The summed E-state index contributed by atoms with van der Waals surface area (Å²) in [5, 5.41) is 6.86. The van der Waals surface area contributed by atoms with Crippen LogP contribution in [0, 0.1) is 0 Å². The molecule has 1 aliphatic heterocycles. The average molecular weight is 399 g/mol. The molecule has 148 valence electrons. The second-order valence-electron chi connectivity index (χ2n) is 7.78. The van der Waals surface area contributed by atoms with Gasteiger partial charge < -0.3 is 19.4 Å². The van der Waals surface area contributed by atoms with Crippen LogP contribution < -0.4 is 5.32 Å². The van der Waals surface area contributed by atoms with Crippen molar-refractivity contribution < 1.29 is 18.8 Å². The van der Waals surface area contributed by atoms with Crippen LogP contribution in [-0.2, 0) is 20.7 Å². The van der Waals surface area contributed by atoms with Gasteiger partial charge in [0.1, 0.15) is 6.61 Å². The molecule has 0 saturated carbocycles. The Hall–Kier alpha value is -2.09. The predicted octanol–water partition coefficient (Wildman–Crippen LogP) is 4.69. The van der Waals surface area contributed by atoms with Crippen molar-refractivity contribution >= 4 is 30.6 Å². The molecule has 1 aromatic carbocycles. The SMILES string of the molecule is CC1(C)OB(C(=Cc2ccsc2)CNC(=O)OCc2ccccc2)OC1(C)C. The highest BCUT2D eigenvalue weighted by Crippen LogP contribution is 2.38. The summed E-state index contributed by atoms with van der Waals surface area (Å²) in [6, 6.07) is 11.6. The first-order valence-corrected chi connectivity index (χ1v) is 10.2. The summed E-state index contributed by atoms with van der Waals surface area (Å²) in [6.07, 6.45) is 1.52. The van der Waals surface area contributed by atoms with E-state index in [4.69, 9.17) is 14.0 Å². The third kappa shape index (κ3) is 5.04. The Balaban J connectivity index is 1.64. The second-order valence-corrected chi connectivity index (χ2v) is 8.56. The topological polar surface area (TPSA) is 56.8 Å². The zero-order valence-corrected chi connectivity index (χ0v) is 17.5. The monoisotopic (exact) mass is 399 g/mol. The summed E-state index contributed by atoms with van der Waals surface area (Å²) in [7, 11) is -0.528. The number of hydrogen-bond donors (Lipinski definition) is 1. The number of benzene rings is 1. The normalized spacial score (nSPS) is 18.1. The highest BCUT2D eigenvalue weighted by molar-refractivity contribution is 7.08. The molecule has 1 fully saturated rings. The van der Waals surface area contributed by atoms with Crippen LogP contribution >= 0.6 is 11.3 Å². The molecule has 1 aromatic heterocycles. The van der Waals surface area contributed by atoms with Crippen molar-refractivity contribution in [3.05, 3.63) is 63.8 Å². The van der Waals surface area contributed by atoms with E-state index in [1.807, 2.05) is 80.9 Å². The maximum atomic E-state index is 12.2. The van der Waals surface area contributed by atoms with Crippen LogP contribution in [0.5, 0.6) is 0 Å². The quantitative estimate of drug-likeness (QED) is 0.716. The van der Waals surface area contributed by atoms with Gasteiger partial charge in [-0.05, 0) is 61.1 Å². The van der Waals surface area contributed by atoms with E-state index in [0.717, 1.165) is 16.6 Å². The number of rotatable bonds is 6. The summed E-state index contributed by atoms with van der Waals surface area (Å²) < 4.78 is 17.6. The van der Waals surface area contributed by atoms with E-state index in [9.17, 15) is 4.79 Å². The van der Waals surface area contributed by atoms with E-state index in [2.05, 4.69) is 5.32 Å². The molecule has 5 nitrogen and oxygen atoms in total. The van der Waals surface area contributed by atoms with Crippen LogP contribution in [-0.4, -0.2) is 31.0 Å². The summed E-state index contributed by atoms with van der Waals surface area (Å²) in [6.45, 7) is 8.55. The molecule has 2 aromatic rings. The van der Waals surface area contributed by atoms with Crippen molar-refractivity contribution in [2.75, 3.05) is 6.54 Å². The number of thiophene rings is 1. The summed E-state index contributed by atoms with van der Waals surface area (Å²) in [5.74, 6) is 0. The Morgan fingerprint density at radius 2 is 1.82 bits per heavy atom. The number of nitrogens with one attached hydrogen (secondary N) is 1. The van der Waals surface area contributed by atoms with Gasteiger partial charge in [0.25, 0.3) is 0 Å². The van der Waals surface area contributed by atoms with Gasteiger partial charge in [-0.3, -0.25) is 0 Å². The first kappa shape index (κ1) is 20.6. The van der Waals surface area contributed by atoms with Crippen LogP contribution in [0.15, 0.2) is 52.6 Å². The average Bonchev–Trinajstić information content (AvgIpc) is 3.23. The van der Waals surface area contributed by atoms with Crippen LogP contribution in [0.2, 0.25) is 0 Å². The Morgan fingerprint density at radius 1 is 1.14 bits per heavy atom. The lowest BCUT2D eigenvalue weighted by Crippen LogP contribution is -2.41. The van der Waals surface area contributed by atoms with Crippen molar-refractivity contribution in [3.63, 3.8) is 0 Å². The van der Waals surface area contributed by atoms with E-state index >= 15 is 0 Å². The molecular weight excluding hydrogens is 373 g/mol. The van der Waals surface area contributed by atoms with Crippen LogP contribution in [0.1, 0.15) is 38.8 Å². The fourth-order valence-electron chi connectivity index (χ4n) is 2.72. The molecular formula is C21H26BNO4S. The van der Waals surface area contributed by atoms with Gasteiger partial charge in [-0.2, -0.15) is 11.3 Å². The lowest BCUT2D eigenvalue weighted by molar-refractivity contribution is 0.00578. The number of alkyl carbamates (subject to hydrolysis) is 1. The molecule has 3 rings (SSSR count). The van der Waals surface area contributed by atoms with Gasteiger partial charge in [0, 0.05) is 6.54 Å². The Bertz CT molecular complexity index is 802. The largest absolute Gasteiger partial charge is 0.492 e. The minimum atomic E-state index is -0.528. The van der Waals surface area contributed by atoms with Gasteiger partial charge in [-0.1, -0.05) is 36.4 Å². The lowest BCUT2D eigenvalue weighted by atomic mass is 9.77. The van der Waals surface area contributed by atoms with E-state index in [-0.39, 0.29) is 13.2 Å². The molecule has 0 aliphatic carbocycles. The van der Waals surface area contributed by atoms with Gasteiger partial charge in [-0.15, -0.1) is 0 Å². The fourth-order valence-corrected chi connectivity index (χ4v) is 3.33. The number of hydrogen-bond acceptors (Lipinski definition) is 5. The number of ether oxygens (including phenoxy) is 1. The molecule has 0 atom stereocenters. The zero-order valence-electron chi connectivity index (χ0n) is 16.7. The zero-order chi connectivity index (χ0) is 20.2. The molecule has 7 heteroatoms. The second kappa shape index (κ2) is 8.51. The molecule has 0 spiro atoms. The molecule has 0 unspecified atom stereocenters. The van der Waals surface area contributed by atoms with Crippen LogP contribution in [0.3, 0.4) is 0 Å². The minimum Gasteiger partial charge on any atom is -0.445 e. The Morgan fingerprint density at radius 3 is 2.43 bits per heavy atom. The first-order valence-electron chi connectivity index (χ1n) is 9.30. The maximum Gasteiger partial charge on any atom is 0.492 e. The first-order chi connectivity index (χ1) is 13.3. The molecule has 1 amide bonds. The van der Waals surface area contributed by atoms with Crippen molar-refractivity contribution in [2.24, 2.45) is 0 Å². The molecule has 0 bridgehead atoms. The van der Waals surface area contributed by atoms with E-state index in [1.165, 1.54) is 0 Å². The summed E-state index contributed by atoms with van der Waals surface area (Å²) >= 11 is 1.62. The standard InChI is InChI=1S/C21H26BNO4S/c1-20(2)21(3,4)27-22(26-20)18(12-17-10-11-28-15-17)13-23-19(24)25-14-16-8-6-5-7-9-16/h5-12,15H,13-14H2,1-4H3,(H,23,24). The van der Waals surface area contributed by atoms with Crippen LogP contribution in [0.4, 0.5) is 4.79 Å². The van der Waals surface area contributed by atoms with Gasteiger partial charge in [-0.25, -0.2) is 4.79 Å². The van der Waals surface area contributed by atoms with Crippen molar-refractivity contribution in [1.29, 1.82) is 0 Å². The minimum absolute atomic E-state index is 0.229. The van der Waals surface area contributed by atoms with Gasteiger partial charge in [0.2, 0.25) is 0 Å². The number of carbonyl (C=O) groups excluding carboxylic acids is 1. The van der Waals surface area contributed by atoms with Crippen molar-refractivity contribution in [3.8, 4) is 0 Å². The third-order valence-corrected chi connectivity index (χ3v) is 5.80. The van der Waals surface area contributed by atoms with Gasteiger partial charge in [0.05, 0.1) is 11.2 Å². The summed E-state index contributed by atoms with van der Waals surface area (Å²) in [5.41, 5.74) is 1.94. The fraction of sp³-hybridized carbons (Fsp3) is 0.381. The van der Waals surface area contributed by atoms with Gasteiger partial charge in [0.15, 0.2) is 0 Å². The van der Waals surface area contributed by atoms with Crippen molar-refractivity contribution in [2.45, 2.75) is 45.5 Å². The smallest absolute Gasteiger partial charge is 0.445 e. The third-order valence-electron chi connectivity index (χ3n) is 5.10. The van der Waals surface area contributed by atoms with Crippen molar-refractivity contribution in [1.82, 2.24) is 5.32 Å². The Kier molecular flexibility index (Phi) is 6.28. The molecule has 1 aliphatic rings. The summed E-state index contributed by atoms with van der Waals surface area (Å²) in [4.78, 5) is 12.2. The van der Waals surface area contributed by atoms with Crippen LogP contribution in [0.25, 0.3) is 6.08 Å². The molecule has 28 heavy (non-hydrogen) atoms. The molecule has 1 N–H and O–H groups in total. The molecule has 0 radical (unpaired) electrons. The maximum absolute atomic E-state index is 12.2. The predicted molar refractivity (Wildman–Crippen MR) is 113 cm³/mol. The highest BCUT2D eigenvalue weighted by Gasteiger charge is 2.52. The van der Waals surface area contributed by atoms with E-state index in [0.29, 0.717) is 0 Å². The molecule has 2 heterocycles. The highest BCUT2D eigenvalue weighted by atomic mass is 32.1. The van der Waals surface area contributed by atoms with E-state index in [1.54, 1.807) is 11.3 Å². The van der Waals surface area contributed by atoms with Gasteiger partial charge >= 0.3 is 13.2 Å². The molecule has 1 saturated heterocycles. The Labute approximate surface area is 170 Å². The van der Waals surface area contributed by atoms with E-state index < -0.39 is 24.4 Å².